The molecule has 0 spiro atoms. The minimum Gasteiger partial charge on any atom is -0.345 e. The average molecular weight is 427 g/mol. The summed E-state index contributed by atoms with van der Waals surface area (Å²) in [7, 11) is -3.87. The maximum absolute atomic E-state index is 12.7. The highest BCUT2D eigenvalue weighted by Gasteiger charge is 2.33. The van der Waals surface area contributed by atoms with E-state index in [1.165, 1.54) is 18.2 Å². The molecule has 1 aliphatic carbocycles. The number of nitro benzene ring substituents is 1. The molecule has 0 saturated heterocycles. The van der Waals surface area contributed by atoms with E-state index in [0.29, 0.717) is 18.5 Å². The molecule has 0 radical (unpaired) electrons. The van der Waals surface area contributed by atoms with Gasteiger partial charge in [0.1, 0.15) is 5.82 Å². The van der Waals surface area contributed by atoms with E-state index in [1.807, 2.05) is 10.5 Å². The summed E-state index contributed by atoms with van der Waals surface area (Å²) in [5.41, 5.74) is 1.97. The van der Waals surface area contributed by atoms with Crippen molar-refractivity contribution in [3.63, 3.8) is 0 Å². The Balaban J connectivity index is 1.39. The van der Waals surface area contributed by atoms with Gasteiger partial charge in [0, 0.05) is 30.3 Å². The predicted octanol–water partition coefficient (Wildman–Crippen LogP) is 2.13. The van der Waals surface area contributed by atoms with Crippen molar-refractivity contribution in [2.45, 2.75) is 36.1 Å². The minimum absolute atomic E-state index is 0.0262. The number of aromatic amines is 1. The van der Waals surface area contributed by atoms with Gasteiger partial charge in [0.25, 0.3) is 5.69 Å². The van der Waals surface area contributed by atoms with Crippen LogP contribution in [0.5, 0.6) is 0 Å². The molecular weight excluding hydrogens is 410 g/mol. The number of aromatic nitrogens is 5. The number of non-ortho nitro benzene ring substituents is 1. The SMILES string of the molecule is O=[N+]([O-])c1cccc(S(=O)(=O)N[C@H]2CC[C@@H](c3nnc4cnc5[nH]ccc5n34)C2)c1. The molecule has 1 saturated carbocycles. The third-order valence-corrected chi connectivity index (χ3v) is 6.94. The van der Waals surface area contributed by atoms with Gasteiger partial charge in [-0.1, -0.05) is 6.07 Å². The molecule has 1 aromatic carbocycles. The van der Waals surface area contributed by atoms with Crippen LogP contribution in [-0.4, -0.2) is 43.9 Å². The number of sulfonamides is 1. The molecule has 30 heavy (non-hydrogen) atoms. The van der Waals surface area contributed by atoms with Crippen molar-refractivity contribution in [3.8, 4) is 0 Å². The first-order valence-corrected chi connectivity index (χ1v) is 10.8. The van der Waals surface area contributed by atoms with E-state index < -0.39 is 14.9 Å². The van der Waals surface area contributed by atoms with Crippen LogP contribution in [0.3, 0.4) is 0 Å². The Morgan fingerprint density at radius 1 is 1.23 bits per heavy atom. The molecule has 0 bridgehead atoms. The summed E-state index contributed by atoms with van der Waals surface area (Å²) in [4.78, 5) is 17.6. The molecule has 12 heteroatoms. The second-order valence-corrected chi connectivity index (χ2v) is 9.02. The third-order valence-electron chi connectivity index (χ3n) is 5.43. The highest BCUT2D eigenvalue weighted by atomic mass is 32.2. The van der Waals surface area contributed by atoms with Crippen LogP contribution in [0.25, 0.3) is 16.8 Å². The highest BCUT2D eigenvalue weighted by molar-refractivity contribution is 7.89. The van der Waals surface area contributed by atoms with Crippen molar-refractivity contribution in [3.05, 3.63) is 58.7 Å². The first kappa shape index (κ1) is 18.6. The van der Waals surface area contributed by atoms with Gasteiger partial charge in [-0.15, -0.1) is 10.2 Å². The largest absolute Gasteiger partial charge is 0.345 e. The Morgan fingerprint density at radius 3 is 2.93 bits per heavy atom. The van der Waals surface area contributed by atoms with Gasteiger partial charge in [-0.2, -0.15) is 0 Å². The molecule has 0 aliphatic heterocycles. The first-order valence-electron chi connectivity index (χ1n) is 9.36. The van der Waals surface area contributed by atoms with E-state index in [9.17, 15) is 18.5 Å². The maximum Gasteiger partial charge on any atom is 0.270 e. The van der Waals surface area contributed by atoms with E-state index in [1.54, 1.807) is 12.4 Å². The second-order valence-electron chi connectivity index (χ2n) is 7.30. The van der Waals surface area contributed by atoms with Crippen molar-refractivity contribution >= 4 is 32.5 Å². The summed E-state index contributed by atoms with van der Waals surface area (Å²) in [6.45, 7) is 0. The number of fused-ring (bicyclic) bond motifs is 3. The molecule has 1 aliphatic rings. The molecule has 2 N–H and O–H groups in total. The molecule has 0 unspecified atom stereocenters. The van der Waals surface area contributed by atoms with Crippen molar-refractivity contribution in [2.24, 2.45) is 0 Å². The Bertz CT molecular complexity index is 1380. The van der Waals surface area contributed by atoms with Crippen molar-refractivity contribution in [1.82, 2.24) is 29.3 Å². The number of hydrogen-bond acceptors (Lipinski definition) is 7. The Kier molecular flexibility index (Phi) is 4.25. The van der Waals surface area contributed by atoms with Crippen LogP contribution in [0.2, 0.25) is 0 Å². The molecule has 5 rings (SSSR count). The van der Waals surface area contributed by atoms with Gasteiger partial charge in [0.2, 0.25) is 10.0 Å². The number of nitro groups is 1. The van der Waals surface area contributed by atoms with Crippen LogP contribution >= 0.6 is 0 Å². The van der Waals surface area contributed by atoms with E-state index in [0.717, 1.165) is 29.5 Å². The quantitative estimate of drug-likeness (QED) is 0.366. The standard InChI is InChI=1S/C18H17N7O4S/c26-25(27)13-2-1-3-14(9-13)30(28,29)23-12-5-4-11(8-12)18-22-21-16-10-20-17-15(24(16)18)6-7-19-17/h1-3,6-7,9-12,19,23H,4-5,8H2/t11-,12+/m1/s1. The maximum atomic E-state index is 12.7. The summed E-state index contributed by atoms with van der Waals surface area (Å²) in [5.74, 6) is 0.798. The van der Waals surface area contributed by atoms with Crippen LogP contribution < -0.4 is 4.72 Å². The summed E-state index contributed by atoms with van der Waals surface area (Å²) < 4.78 is 30.1. The van der Waals surface area contributed by atoms with Gasteiger partial charge in [0.15, 0.2) is 11.3 Å². The fourth-order valence-corrected chi connectivity index (χ4v) is 5.36. The van der Waals surface area contributed by atoms with E-state index in [4.69, 9.17) is 0 Å². The molecule has 2 atom stereocenters. The molecule has 154 valence electrons. The number of H-pyrrole nitrogens is 1. The summed E-state index contributed by atoms with van der Waals surface area (Å²) in [6.07, 6.45) is 5.38. The predicted molar refractivity (Wildman–Crippen MR) is 106 cm³/mol. The van der Waals surface area contributed by atoms with Crippen molar-refractivity contribution < 1.29 is 13.3 Å². The molecular formula is C18H17N7O4S. The molecule has 3 heterocycles. The number of hydrogen-bond donors (Lipinski definition) is 2. The number of nitrogens with one attached hydrogen (secondary N) is 2. The van der Waals surface area contributed by atoms with E-state index >= 15 is 0 Å². The number of benzene rings is 1. The topological polar surface area (TPSA) is 148 Å². The molecule has 4 aromatic rings. The Hall–Kier alpha value is -3.38. The van der Waals surface area contributed by atoms with Gasteiger partial charge in [-0.3, -0.25) is 14.5 Å². The van der Waals surface area contributed by atoms with Crippen LogP contribution in [0.15, 0.2) is 47.6 Å². The monoisotopic (exact) mass is 427 g/mol. The molecule has 3 aromatic heterocycles. The lowest BCUT2D eigenvalue weighted by atomic mass is 10.1. The van der Waals surface area contributed by atoms with E-state index in [2.05, 4.69) is 24.9 Å². The van der Waals surface area contributed by atoms with Crippen LogP contribution in [0.1, 0.15) is 31.0 Å². The molecule has 11 nitrogen and oxygen atoms in total. The fraction of sp³-hybridized carbons (Fsp3) is 0.278. The van der Waals surface area contributed by atoms with Gasteiger partial charge in [-0.05, 0) is 31.4 Å². The normalized spacial score (nSPS) is 19.6. The minimum atomic E-state index is -3.87. The van der Waals surface area contributed by atoms with Crippen LogP contribution in [0, 0.1) is 10.1 Å². The summed E-state index contributed by atoms with van der Waals surface area (Å²) >= 11 is 0. The Morgan fingerprint density at radius 2 is 2.10 bits per heavy atom. The second kappa shape index (κ2) is 6.85. The van der Waals surface area contributed by atoms with Gasteiger partial charge >= 0.3 is 0 Å². The van der Waals surface area contributed by atoms with Gasteiger partial charge in [-0.25, -0.2) is 18.1 Å². The fourth-order valence-electron chi connectivity index (χ4n) is 4.04. The lowest BCUT2D eigenvalue weighted by Gasteiger charge is -2.13. The van der Waals surface area contributed by atoms with Gasteiger partial charge in [0.05, 0.1) is 21.5 Å². The smallest absolute Gasteiger partial charge is 0.270 e. The van der Waals surface area contributed by atoms with Crippen LogP contribution in [0.4, 0.5) is 5.69 Å². The zero-order chi connectivity index (χ0) is 20.9. The van der Waals surface area contributed by atoms with Crippen molar-refractivity contribution in [2.75, 3.05) is 0 Å². The summed E-state index contributed by atoms with van der Waals surface area (Å²) in [5, 5.41) is 19.5. The molecule has 0 amide bonds. The zero-order valence-corrected chi connectivity index (χ0v) is 16.4. The van der Waals surface area contributed by atoms with Gasteiger partial charge < -0.3 is 4.98 Å². The Labute approximate surface area is 170 Å². The zero-order valence-electron chi connectivity index (χ0n) is 15.6. The lowest BCUT2D eigenvalue weighted by Crippen LogP contribution is -2.33. The van der Waals surface area contributed by atoms with E-state index in [-0.39, 0.29) is 22.5 Å². The van der Waals surface area contributed by atoms with Crippen LogP contribution in [-0.2, 0) is 10.0 Å². The summed E-state index contributed by atoms with van der Waals surface area (Å²) in [6, 6.07) is 6.65. The average Bonchev–Trinajstić information content (AvgIpc) is 3.45. The number of rotatable bonds is 5. The number of nitrogens with zero attached hydrogens (tertiary/aromatic N) is 5. The third kappa shape index (κ3) is 3.09. The van der Waals surface area contributed by atoms with Crippen molar-refractivity contribution in [1.29, 1.82) is 0 Å². The highest BCUT2D eigenvalue weighted by Crippen LogP contribution is 2.35. The lowest BCUT2D eigenvalue weighted by molar-refractivity contribution is -0.385. The first-order chi connectivity index (χ1) is 14.4. The molecule has 1 fully saturated rings.